The first-order chi connectivity index (χ1) is 16.5. The number of nitrogens with two attached hydrogens (primary N) is 1. The third-order valence-electron chi connectivity index (χ3n) is 4.72. The van der Waals surface area contributed by atoms with Gasteiger partial charge in [-0.05, 0) is 66.4 Å². The van der Waals surface area contributed by atoms with Gasteiger partial charge >= 0.3 is 6.03 Å². The Kier molecular flexibility index (Phi) is 6.86. The van der Waals surface area contributed by atoms with Crippen LogP contribution in [0.4, 0.5) is 26.4 Å². The summed E-state index contributed by atoms with van der Waals surface area (Å²) < 4.78 is 28.0. The smallest absolute Gasteiger partial charge is 0.323 e. The van der Waals surface area contributed by atoms with E-state index in [4.69, 9.17) is 17.3 Å². The molecule has 3 amide bonds. The molecule has 0 bridgehead atoms. The molecular formula is C23H21ClFN5O3S2. The summed E-state index contributed by atoms with van der Waals surface area (Å²) in [6, 6.07) is 12.2. The summed E-state index contributed by atoms with van der Waals surface area (Å²) in [5, 5.41) is 6.07. The number of aromatic nitrogens is 1. The molecule has 182 valence electrons. The van der Waals surface area contributed by atoms with Crippen LogP contribution in [0, 0.1) is 5.82 Å². The van der Waals surface area contributed by atoms with Gasteiger partial charge in [0.05, 0.1) is 10.6 Å². The molecule has 0 saturated carbocycles. The minimum absolute atomic E-state index is 0.0926. The van der Waals surface area contributed by atoms with E-state index < -0.39 is 27.9 Å². The zero-order valence-corrected chi connectivity index (χ0v) is 21.0. The first-order valence-corrected chi connectivity index (χ1v) is 13.9. The number of hydrogen-bond acceptors (Lipinski definition) is 5. The number of thiol groups is 1. The number of nitrogen functional groups attached to an aromatic ring is 1. The van der Waals surface area contributed by atoms with Crippen LogP contribution < -0.4 is 16.4 Å². The van der Waals surface area contributed by atoms with E-state index in [1.807, 2.05) is 12.1 Å². The molecule has 12 heteroatoms. The maximum atomic E-state index is 13.3. The van der Waals surface area contributed by atoms with E-state index in [0.29, 0.717) is 16.9 Å². The number of halogens is 2. The molecule has 0 aliphatic heterocycles. The standard InChI is InChI=1S/C23H21ClFN5O3S2/c1-35(2,33)30-22(31)13-8-16(21(26)27-11-13)20-9-12-7-14(4-6-19(12)34-20)28-23(32)29-15-3-5-18(25)17(24)10-15/h3-11,35H,1-2H3,(H2,26,27)(H2,28,29,32)(H,30,31,33). The Morgan fingerprint density at radius 3 is 2.49 bits per heavy atom. The lowest BCUT2D eigenvalue weighted by atomic mass is 10.1. The average Bonchev–Trinajstić information content (AvgIpc) is 3.18. The minimum atomic E-state index is -2.65. The van der Waals surface area contributed by atoms with Crippen LogP contribution in [-0.2, 0) is 10.1 Å². The van der Waals surface area contributed by atoms with Crippen LogP contribution in [0.1, 0.15) is 10.4 Å². The summed E-state index contributed by atoms with van der Waals surface area (Å²) in [7, 11) is -2.65. The number of anilines is 3. The second kappa shape index (κ2) is 9.70. The van der Waals surface area contributed by atoms with Gasteiger partial charge in [-0.15, -0.1) is 21.4 Å². The highest BCUT2D eigenvalue weighted by Gasteiger charge is 2.14. The van der Waals surface area contributed by atoms with Crippen LogP contribution in [0.15, 0.2) is 59.1 Å². The van der Waals surface area contributed by atoms with Crippen LogP contribution >= 0.6 is 22.9 Å². The number of carbonyl (C=O) groups is 2. The van der Waals surface area contributed by atoms with Crippen LogP contribution in [0.25, 0.3) is 20.5 Å². The maximum Gasteiger partial charge on any atom is 0.323 e. The quantitative estimate of drug-likeness (QED) is 0.208. The fourth-order valence-corrected chi connectivity index (χ4v) is 5.00. The zero-order valence-electron chi connectivity index (χ0n) is 18.5. The predicted octanol–water partition coefficient (Wildman–Crippen LogP) is 5.92. The third kappa shape index (κ3) is 6.01. The van der Waals surface area contributed by atoms with Crippen molar-refractivity contribution in [2.45, 2.75) is 0 Å². The Balaban J connectivity index is 1.57. The van der Waals surface area contributed by atoms with Gasteiger partial charge in [0.15, 0.2) is 0 Å². The van der Waals surface area contributed by atoms with E-state index in [1.54, 1.807) is 18.2 Å². The SMILES string of the molecule is C[SH](C)(O)=NC(=O)c1cnc(N)c(-c2cc3cc(NC(=O)Nc4ccc(F)c(Cl)c4)ccc3s2)c1. The molecule has 4 rings (SSSR count). The molecule has 0 saturated heterocycles. The molecule has 2 heterocycles. The van der Waals surface area contributed by atoms with Crippen molar-refractivity contribution in [2.24, 2.45) is 4.36 Å². The number of rotatable bonds is 4. The third-order valence-corrected chi connectivity index (χ3v) is 6.83. The summed E-state index contributed by atoms with van der Waals surface area (Å²) in [4.78, 5) is 29.6. The van der Waals surface area contributed by atoms with Gasteiger partial charge in [0.1, 0.15) is 11.6 Å². The Hall–Kier alpha value is -3.38. The van der Waals surface area contributed by atoms with E-state index >= 15 is 0 Å². The van der Waals surface area contributed by atoms with Gasteiger partial charge < -0.3 is 20.9 Å². The number of urea groups is 1. The fraction of sp³-hybridized carbons (Fsp3) is 0.0870. The summed E-state index contributed by atoms with van der Waals surface area (Å²) in [6.45, 7) is 0. The zero-order chi connectivity index (χ0) is 25.3. The van der Waals surface area contributed by atoms with Crippen LogP contribution in [0.2, 0.25) is 5.02 Å². The first-order valence-electron chi connectivity index (χ1n) is 10.2. The normalized spacial score (nSPS) is 11.8. The van der Waals surface area contributed by atoms with Gasteiger partial charge in [0, 0.05) is 32.7 Å². The largest absolute Gasteiger partial charge is 0.383 e. The molecule has 2 aromatic heterocycles. The molecule has 2 aromatic carbocycles. The van der Waals surface area contributed by atoms with Gasteiger partial charge in [0.25, 0.3) is 5.91 Å². The topological polar surface area (TPSA) is 130 Å². The van der Waals surface area contributed by atoms with E-state index in [1.165, 1.54) is 48.2 Å². The molecule has 0 aliphatic rings. The molecule has 0 aliphatic carbocycles. The van der Waals surface area contributed by atoms with Crippen molar-refractivity contribution in [1.82, 2.24) is 4.98 Å². The van der Waals surface area contributed by atoms with Gasteiger partial charge in [-0.1, -0.05) is 11.6 Å². The lowest BCUT2D eigenvalue weighted by Gasteiger charge is -2.10. The van der Waals surface area contributed by atoms with E-state index in [2.05, 4.69) is 20.0 Å². The molecule has 0 radical (unpaired) electrons. The van der Waals surface area contributed by atoms with Gasteiger partial charge in [0.2, 0.25) is 0 Å². The van der Waals surface area contributed by atoms with Crippen molar-refractivity contribution in [3.8, 4) is 10.4 Å². The monoisotopic (exact) mass is 533 g/mol. The Morgan fingerprint density at radius 1 is 1.11 bits per heavy atom. The summed E-state index contributed by atoms with van der Waals surface area (Å²) in [5.41, 5.74) is 7.76. The summed E-state index contributed by atoms with van der Waals surface area (Å²) >= 11 is 7.20. The van der Waals surface area contributed by atoms with Gasteiger partial charge in [-0.2, -0.15) is 4.36 Å². The summed E-state index contributed by atoms with van der Waals surface area (Å²) in [5.74, 6) is -0.877. The molecule has 4 aromatic rings. The molecule has 5 N–H and O–H groups in total. The number of benzene rings is 2. The highest BCUT2D eigenvalue weighted by atomic mass is 35.5. The van der Waals surface area contributed by atoms with Gasteiger partial charge in [-0.25, -0.2) is 14.2 Å². The Bertz CT molecular complexity index is 1520. The number of carbonyl (C=O) groups excluding carboxylic acids is 2. The number of nitrogens with one attached hydrogen (secondary N) is 2. The summed E-state index contributed by atoms with van der Waals surface area (Å²) in [6.07, 6.45) is 4.37. The minimum Gasteiger partial charge on any atom is -0.383 e. The number of pyridine rings is 1. The Labute approximate surface area is 210 Å². The first kappa shape index (κ1) is 24.7. The predicted molar refractivity (Wildman–Crippen MR) is 144 cm³/mol. The highest BCUT2D eigenvalue weighted by Crippen LogP contribution is 2.37. The second-order valence-corrected chi connectivity index (χ2v) is 12.3. The maximum absolute atomic E-state index is 13.3. The lowest BCUT2D eigenvalue weighted by Crippen LogP contribution is -2.19. The van der Waals surface area contributed by atoms with Crippen molar-refractivity contribution in [1.29, 1.82) is 0 Å². The van der Waals surface area contributed by atoms with E-state index in [9.17, 15) is 18.5 Å². The molecule has 8 nitrogen and oxygen atoms in total. The van der Waals surface area contributed by atoms with Crippen molar-refractivity contribution >= 4 is 72.3 Å². The van der Waals surface area contributed by atoms with Crippen molar-refractivity contribution in [2.75, 3.05) is 28.9 Å². The van der Waals surface area contributed by atoms with E-state index in [0.717, 1.165) is 15.0 Å². The number of fused-ring (bicyclic) bond motifs is 1. The van der Waals surface area contributed by atoms with Crippen LogP contribution in [0.3, 0.4) is 0 Å². The highest BCUT2D eigenvalue weighted by molar-refractivity contribution is 7.98. The molecule has 0 fully saturated rings. The van der Waals surface area contributed by atoms with E-state index in [-0.39, 0.29) is 16.4 Å². The van der Waals surface area contributed by atoms with Crippen molar-refractivity contribution < 1.29 is 18.5 Å². The van der Waals surface area contributed by atoms with Gasteiger partial charge in [-0.3, -0.25) is 4.79 Å². The molecule has 35 heavy (non-hydrogen) atoms. The number of thiophene rings is 1. The molecule has 0 spiro atoms. The second-order valence-electron chi connectivity index (χ2n) is 7.97. The number of nitrogens with zero attached hydrogens (tertiary/aromatic N) is 2. The number of amides is 3. The van der Waals surface area contributed by atoms with Crippen molar-refractivity contribution in [3.05, 3.63) is 71.1 Å². The lowest BCUT2D eigenvalue weighted by molar-refractivity contribution is 0.100. The van der Waals surface area contributed by atoms with Crippen LogP contribution in [-0.4, -0.2) is 34.0 Å². The molecule has 0 unspecified atom stereocenters. The Morgan fingerprint density at radius 2 is 1.80 bits per heavy atom. The average molecular weight is 534 g/mol. The fourth-order valence-electron chi connectivity index (χ4n) is 3.19. The molecular weight excluding hydrogens is 513 g/mol. The molecule has 0 atom stereocenters. The number of hydrogen-bond donors (Lipinski definition) is 5. The van der Waals surface area contributed by atoms with Crippen LogP contribution in [0.5, 0.6) is 0 Å². The van der Waals surface area contributed by atoms with Crippen molar-refractivity contribution in [3.63, 3.8) is 0 Å².